The van der Waals surface area contributed by atoms with Crippen molar-refractivity contribution in [2.45, 2.75) is 0 Å². The average molecular weight is 429 g/mol. The van der Waals surface area contributed by atoms with Crippen LogP contribution in [0.4, 0.5) is 5.82 Å². The number of carbonyl (C=O) groups excluding carboxylic acids is 3. The molecule has 0 saturated heterocycles. The first-order chi connectivity index (χ1) is 11.4. The van der Waals surface area contributed by atoms with Gasteiger partial charge in [0.25, 0.3) is 11.8 Å². The van der Waals surface area contributed by atoms with E-state index in [0.717, 1.165) is 9.37 Å². The molecule has 2 aromatic rings. The summed E-state index contributed by atoms with van der Waals surface area (Å²) in [6.07, 6.45) is 1.52. The number of halogens is 3. The van der Waals surface area contributed by atoms with Gasteiger partial charge in [0.15, 0.2) is 0 Å². The quantitative estimate of drug-likeness (QED) is 0.760. The van der Waals surface area contributed by atoms with E-state index in [1.165, 1.54) is 18.3 Å². The molecule has 0 bridgehead atoms. The summed E-state index contributed by atoms with van der Waals surface area (Å²) in [7, 11) is 0. The lowest BCUT2D eigenvalue weighted by Crippen LogP contribution is -2.37. The number of benzene rings is 1. The highest BCUT2D eigenvalue weighted by Gasteiger charge is 2.37. The number of hydrogen-bond acceptors (Lipinski definition) is 4. The van der Waals surface area contributed by atoms with Crippen LogP contribution in [0, 0.1) is 0 Å². The fourth-order valence-electron chi connectivity index (χ4n) is 2.20. The number of aromatic nitrogens is 1. The largest absolute Gasteiger partial charge is 0.309 e. The molecule has 24 heavy (non-hydrogen) atoms. The van der Waals surface area contributed by atoms with Gasteiger partial charge in [0.2, 0.25) is 5.91 Å². The van der Waals surface area contributed by atoms with Crippen LogP contribution in [-0.2, 0) is 4.79 Å². The predicted octanol–water partition coefficient (Wildman–Crippen LogP) is 3.39. The summed E-state index contributed by atoms with van der Waals surface area (Å²) in [5.74, 6) is -1.41. The third-order valence-corrected chi connectivity index (χ3v) is 4.50. The second kappa shape index (κ2) is 6.51. The first-order valence-corrected chi connectivity index (χ1v) is 8.18. The Kier molecular flexibility index (Phi) is 4.58. The molecule has 0 aliphatic carbocycles. The van der Waals surface area contributed by atoms with E-state index in [0.29, 0.717) is 5.82 Å². The first kappa shape index (κ1) is 16.9. The van der Waals surface area contributed by atoms with Crippen molar-refractivity contribution in [1.82, 2.24) is 9.88 Å². The Morgan fingerprint density at radius 3 is 2.21 bits per heavy atom. The minimum Gasteiger partial charge on any atom is -0.309 e. The third kappa shape index (κ3) is 3.15. The smallest absolute Gasteiger partial charge is 0.262 e. The fraction of sp³-hybridized carbons (Fsp3) is 0.0667. The maximum Gasteiger partial charge on any atom is 0.262 e. The highest BCUT2D eigenvalue weighted by atomic mass is 79.9. The number of rotatable bonds is 3. The van der Waals surface area contributed by atoms with Crippen LogP contribution in [0.3, 0.4) is 0 Å². The van der Waals surface area contributed by atoms with E-state index in [9.17, 15) is 14.4 Å². The lowest BCUT2D eigenvalue weighted by atomic mass is 10.1. The van der Waals surface area contributed by atoms with E-state index in [2.05, 4.69) is 26.2 Å². The molecule has 1 aromatic heterocycles. The molecule has 122 valence electrons. The third-order valence-electron chi connectivity index (χ3n) is 3.31. The van der Waals surface area contributed by atoms with Crippen LogP contribution in [-0.4, -0.2) is 34.2 Å². The van der Waals surface area contributed by atoms with Crippen molar-refractivity contribution >= 4 is 62.7 Å². The van der Waals surface area contributed by atoms with Crippen molar-refractivity contribution in [3.63, 3.8) is 0 Å². The van der Waals surface area contributed by atoms with Crippen molar-refractivity contribution in [1.29, 1.82) is 0 Å². The van der Waals surface area contributed by atoms with Gasteiger partial charge in [-0.3, -0.25) is 19.3 Å². The SMILES string of the molecule is O=C(CN1C(=O)c2cc(Cl)c(Cl)cc2C1=O)Nc1ccc(Br)cn1. The van der Waals surface area contributed by atoms with Crippen molar-refractivity contribution in [2.75, 3.05) is 11.9 Å². The van der Waals surface area contributed by atoms with Crippen LogP contribution < -0.4 is 5.32 Å². The predicted molar refractivity (Wildman–Crippen MR) is 92.4 cm³/mol. The number of fused-ring (bicyclic) bond motifs is 1. The van der Waals surface area contributed by atoms with E-state index < -0.39 is 24.3 Å². The second-order valence-electron chi connectivity index (χ2n) is 4.92. The Morgan fingerprint density at radius 1 is 1.12 bits per heavy atom. The molecule has 0 unspecified atom stereocenters. The van der Waals surface area contributed by atoms with Gasteiger partial charge in [-0.25, -0.2) is 4.98 Å². The summed E-state index contributed by atoms with van der Waals surface area (Å²) in [5, 5.41) is 2.85. The van der Waals surface area contributed by atoms with Crippen LogP contribution in [0.25, 0.3) is 0 Å². The molecular weight excluding hydrogens is 421 g/mol. The van der Waals surface area contributed by atoms with Crippen LogP contribution in [0.1, 0.15) is 20.7 Å². The minimum absolute atomic E-state index is 0.129. The normalized spacial score (nSPS) is 13.2. The molecule has 1 aliphatic rings. The number of hydrogen-bond donors (Lipinski definition) is 1. The molecule has 0 atom stereocenters. The average Bonchev–Trinajstić information content (AvgIpc) is 2.75. The van der Waals surface area contributed by atoms with Gasteiger partial charge < -0.3 is 5.32 Å². The Labute approximate surface area is 154 Å². The number of nitrogens with zero attached hydrogens (tertiary/aromatic N) is 2. The molecule has 0 radical (unpaired) electrons. The molecule has 1 aromatic carbocycles. The topological polar surface area (TPSA) is 79.4 Å². The molecule has 2 heterocycles. The number of nitrogens with one attached hydrogen (secondary N) is 1. The zero-order valence-electron chi connectivity index (χ0n) is 11.8. The van der Waals surface area contributed by atoms with Crippen molar-refractivity contribution in [3.05, 3.63) is 56.1 Å². The second-order valence-corrected chi connectivity index (χ2v) is 6.65. The van der Waals surface area contributed by atoms with Crippen molar-refractivity contribution in [3.8, 4) is 0 Å². The van der Waals surface area contributed by atoms with Gasteiger partial charge in [-0.2, -0.15) is 0 Å². The van der Waals surface area contributed by atoms with Gasteiger partial charge in [-0.05, 0) is 40.2 Å². The number of amides is 3. The molecule has 3 amide bonds. The maximum absolute atomic E-state index is 12.3. The summed E-state index contributed by atoms with van der Waals surface area (Å²) in [4.78, 5) is 41.5. The first-order valence-electron chi connectivity index (χ1n) is 6.63. The summed E-state index contributed by atoms with van der Waals surface area (Å²) in [6.45, 7) is -0.431. The Bertz CT molecular complexity index is 830. The number of carbonyl (C=O) groups is 3. The lowest BCUT2D eigenvalue weighted by molar-refractivity contribution is -0.116. The molecule has 9 heteroatoms. The molecule has 0 saturated carbocycles. The van der Waals surface area contributed by atoms with Gasteiger partial charge >= 0.3 is 0 Å². The van der Waals surface area contributed by atoms with Gasteiger partial charge in [-0.1, -0.05) is 23.2 Å². The molecule has 1 aliphatic heterocycles. The van der Waals surface area contributed by atoms with Gasteiger partial charge in [0.05, 0.1) is 21.2 Å². The fourth-order valence-corrected chi connectivity index (χ4v) is 2.76. The Morgan fingerprint density at radius 2 is 1.71 bits per heavy atom. The highest BCUT2D eigenvalue weighted by molar-refractivity contribution is 9.10. The van der Waals surface area contributed by atoms with E-state index in [1.807, 2.05) is 0 Å². The molecule has 0 spiro atoms. The van der Waals surface area contributed by atoms with Crippen LogP contribution >= 0.6 is 39.1 Å². The summed E-state index contributed by atoms with van der Waals surface area (Å²) in [6, 6.07) is 5.94. The minimum atomic E-state index is -0.590. The number of anilines is 1. The van der Waals surface area contributed by atoms with Crippen LogP contribution in [0.5, 0.6) is 0 Å². The number of pyridine rings is 1. The molecular formula is C15H8BrCl2N3O3. The van der Waals surface area contributed by atoms with E-state index in [-0.39, 0.29) is 21.2 Å². The van der Waals surface area contributed by atoms with E-state index in [4.69, 9.17) is 23.2 Å². The van der Waals surface area contributed by atoms with E-state index in [1.54, 1.807) is 12.1 Å². The summed E-state index contributed by atoms with van der Waals surface area (Å²) in [5.41, 5.74) is 0.257. The van der Waals surface area contributed by atoms with Crippen molar-refractivity contribution < 1.29 is 14.4 Å². The van der Waals surface area contributed by atoms with E-state index >= 15 is 0 Å². The molecule has 6 nitrogen and oxygen atoms in total. The van der Waals surface area contributed by atoms with Gasteiger partial charge in [0, 0.05) is 10.7 Å². The molecule has 0 fully saturated rings. The van der Waals surface area contributed by atoms with Crippen LogP contribution in [0.2, 0.25) is 10.0 Å². The van der Waals surface area contributed by atoms with Crippen molar-refractivity contribution in [2.24, 2.45) is 0 Å². The monoisotopic (exact) mass is 427 g/mol. The standard InChI is InChI=1S/C15H8BrCl2N3O3/c16-7-1-2-12(19-5-7)20-13(22)6-21-14(23)8-3-10(17)11(18)4-9(8)15(21)24/h1-5H,6H2,(H,19,20,22). The summed E-state index contributed by atoms with van der Waals surface area (Å²) >= 11 is 15.0. The van der Waals surface area contributed by atoms with Gasteiger partial charge in [0.1, 0.15) is 12.4 Å². The Hall–Kier alpha value is -1.96. The zero-order chi connectivity index (χ0) is 17.4. The molecule has 1 N–H and O–H groups in total. The number of imide groups is 1. The Balaban J connectivity index is 1.76. The van der Waals surface area contributed by atoms with Crippen LogP contribution in [0.15, 0.2) is 34.9 Å². The van der Waals surface area contributed by atoms with Gasteiger partial charge in [-0.15, -0.1) is 0 Å². The zero-order valence-corrected chi connectivity index (χ0v) is 14.9. The molecule has 3 rings (SSSR count). The summed E-state index contributed by atoms with van der Waals surface area (Å²) < 4.78 is 0.759. The highest BCUT2D eigenvalue weighted by Crippen LogP contribution is 2.31. The maximum atomic E-state index is 12.3. The lowest BCUT2D eigenvalue weighted by Gasteiger charge is -2.13.